The number of aromatic nitrogens is 3. The van der Waals surface area contributed by atoms with Crippen molar-refractivity contribution in [1.29, 1.82) is 0 Å². The summed E-state index contributed by atoms with van der Waals surface area (Å²) < 4.78 is 6.15. The van der Waals surface area contributed by atoms with Gasteiger partial charge in [0.2, 0.25) is 5.82 Å². The Hall–Kier alpha value is -1.55. The van der Waals surface area contributed by atoms with E-state index >= 15 is 0 Å². The summed E-state index contributed by atoms with van der Waals surface area (Å²) in [6, 6.07) is 0. The second-order valence-electron chi connectivity index (χ2n) is 3.62. The Bertz CT molecular complexity index is 422. The number of aliphatic hydroxyl groups excluding tert-OH is 3. The standard InChI is InChI=1S/C8H12N4O5/c9-6(16)7-10-2-11-12(7)8-5(15)4(14)3(1-13)17-8/h2-5,8,13-15H,1H2,(H2,9,16)/t3-,4+,5?,8-/m1/s1. The molecule has 1 saturated heterocycles. The molecule has 9 nitrogen and oxygen atoms in total. The van der Waals surface area contributed by atoms with Gasteiger partial charge in [-0.1, -0.05) is 0 Å². The largest absolute Gasteiger partial charge is 0.394 e. The summed E-state index contributed by atoms with van der Waals surface area (Å²) in [6.07, 6.45) is -3.57. The highest BCUT2D eigenvalue weighted by Crippen LogP contribution is 2.29. The fourth-order valence-electron chi connectivity index (χ4n) is 1.69. The van der Waals surface area contributed by atoms with E-state index in [9.17, 15) is 15.0 Å². The number of rotatable bonds is 3. The zero-order valence-electron chi connectivity index (χ0n) is 8.67. The second-order valence-corrected chi connectivity index (χ2v) is 3.62. The van der Waals surface area contributed by atoms with E-state index in [1.54, 1.807) is 0 Å². The molecule has 0 spiro atoms. The summed E-state index contributed by atoms with van der Waals surface area (Å²) in [5, 5.41) is 31.9. The summed E-state index contributed by atoms with van der Waals surface area (Å²) in [5.74, 6) is -1.03. The molecule has 1 unspecified atom stereocenters. The average molecular weight is 244 g/mol. The van der Waals surface area contributed by atoms with E-state index in [0.29, 0.717) is 0 Å². The Morgan fingerprint density at radius 3 is 2.76 bits per heavy atom. The molecule has 0 radical (unpaired) electrons. The van der Waals surface area contributed by atoms with Gasteiger partial charge in [0.25, 0.3) is 5.91 Å². The van der Waals surface area contributed by atoms with Gasteiger partial charge < -0.3 is 25.8 Å². The van der Waals surface area contributed by atoms with Gasteiger partial charge >= 0.3 is 0 Å². The van der Waals surface area contributed by atoms with E-state index < -0.39 is 37.1 Å². The summed E-state index contributed by atoms with van der Waals surface area (Å²) in [7, 11) is 0. The van der Waals surface area contributed by atoms with Crippen LogP contribution in [0.4, 0.5) is 0 Å². The lowest BCUT2D eigenvalue weighted by atomic mass is 10.1. The maximum atomic E-state index is 11.0. The highest BCUT2D eigenvalue weighted by Gasteiger charge is 2.44. The van der Waals surface area contributed by atoms with Crippen molar-refractivity contribution in [3.05, 3.63) is 12.2 Å². The fourth-order valence-corrected chi connectivity index (χ4v) is 1.69. The maximum absolute atomic E-state index is 11.0. The number of carbonyl (C=O) groups excluding carboxylic acids is 1. The maximum Gasteiger partial charge on any atom is 0.286 e. The SMILES string of the molecule is NC(=O)c1ncnn1[C@@H]1O[C@H](CO)[C@H](O)C1O. The number of hydrogen-bond donors (Lipinski definition) is 4. The van der Waals surface area contributed by atoms with Crippen LogP contribution in [0.3, 0.4) is 0 Å². The number of hydrogen-bond acceptors (Lipinski definition) is 7. The van der Waals surface area contributed by atoms with Gasteiger partial charge in [-0.2, -0.15) is 5.10 Å². The number of carbonyl (C=O) groups is 1. The predicted molar refractivity (Wildman–Crippen MR) is 51.5 cm³/mol. The molecule has 0 bridgehead atoms. The minimum absolute atomic E-state index is 0.195. The minimum Gasteiger partial charge on any atom is -0.394 e. The van der Waals surface area contributed by atoms with E-state index in [1.807, 2.05) is 0 Å². The first-order valence-corrected chi connectivity index (χ1v) is 4.88. The molecule has 2 heterocycles. The Morgan fingerprint density at radius 1 is 1.53 bits per heavy atom. The molecule has 9 heteroatoms. The molecule has 1 aliphatic heterocycles. The summed E-state index contributed by atoms with van der Waals surface area (Å²) in [6.45, 7) is -0.463. The molecule has 1 amide bonds. The molecule has 0 aromatic carbocycles. The summed E-state index contributed by atoms with van der Waals surface area (Å²) >= 11 is 0. The van der Waals surface area contributed by atoms with Crippen molar-refractivity contribution in [1.82, 2.24) is 14.8 Å². The van der Waals surface area contributed by atoms with Crippen LogP contribution in [-0.2, 0) is 4.74 Å². The molecule has 2 rings (SSSR count). The van der Waals surface area contributed by atoms with Gasteiger partial charge in [0.1, 0.15) is 24.6 Å². The van der Waals surface area contributed by atoms with Gasteiger partial charge in [-0.3, -0.25) is 4.79 Å². The predicted octanol–water partition coefficient (Wildman–Crippen LogP) is -3.01. The Labute approximate surface area is 95.4 Å². The highest BCUT2D eigenvalue weighted by atomic mass is 16.6. The van der Waals surface area contributed by atoms with Crippen LogP contribution >= 0.6 is 0 Å². The van der Waals surface area contributed by atoms with Gasteiger partial charge in [0, 0.05) is 0 Å². The van der Waals surface area contributed by atoms with Crippen LogP contribution in [0, 0.1) is 0 Å². The van der Waals surface area contributed by atoms with Crippen molar-refractivity contribution in [2.24, 2.45) is 5.73 Å². The van der Waals surface area contributed by atoms with Crippen molar-refractivity contribution >= 4 is 5.91 Å². The van der Waals surface area contributed by atoms with Crippen molar-refractivity contribution in [3.63, 3.8) is 0 Å². The van der Waals surface area contributed by atoms with Crippen LogP contribution in [0.2, 0.25) is 0 Å². The first kappa shape index (κ1) is 11.9. The van der Waals surface area contributed by atoms with Gasteiger partial charge in [0.05, 0.1) is 6.61 Å². The number of nitrogens with zero attached hydrogens (tertiary/aromatic N) is 3. The van der Waals surface area contributed by atoms with Crippen LogP contribution in [-0.4, -0.2) is 60.9 Å². The molecule has 0 saturated carbocycles. The normalized spacial score (nSPS) is 32.9. The molecule has 17 heavy (non-hydrogen) atoms. The molecule has 1 aromatic heterocycles. The molecule has 1 aromatic rings. The van der Waals surface area contributed by atoms with Gasteiger partial charge in [-0.05, 0) is 0 Å². The molecular weight excluding hydrogens is 232 g/mol. The summed E-state index contributed by atoms with van der Waals surface area (Å²) in [4.78, 5) is 14.6. The van der Waals surface area contributed by atoms with Crippen molar-refractivity contribution in [3.8, 4) is 0 Å². The molecular formula is C8H12N4O5. The number of nitrogens with two attached hydrogens (primary N) is 1. The topological polar surface area (TPSA) is 144 Å². The van der Waals surface area contributed by atoms with Crippen LogP contribution < -0.4 is 5.73 Å². The Kier molecular flexibility index (Phi) is 3.07. The second kappa shape index (κ2) is 4.37. The van der Waals surface area contributed by atoms with Gasteiger partial charge in [0.15, 0.2) is 6.23 Å². The number of aliphatic hydroxyl groups is 3. The average Bonchev–Trinajstić information content (AvgIpc) is 2.86. The lowest BCUT2D eigenvalue weighted by molar-refractivity contribution is -0.0595. The third kappa shape index (κ3) is 1.89. The zero-order chi connectivity index (χ0) is 12.6. The highest BCUT2D eigenvalue weighted by molar-refractivity contribution is 5.88. The lowest BCUT2D eigenvalue weighted by Crippen LogP contribution is -2.34. The number of primary amides is 1. The van der Waals surface area contributed by atoms with Crippen molar-refractivity contribution in [2.75, 3.05) is 6.61 Å². The molecule has 4 atom stereocenters. The van der Waals surface area contributed by atoms with Crippen LogP contribution in [0.1, 0.15) is 16.8 Å². The van der Waals surface area contributed by atoms with Crippen molar-refractivity contribution in [2.45, 2.75) is 24.5 Å². The third-order valence-electron chi connectivity index (χ3n) is 2.55. The van der Waals surface area contributed by atoms with Crippen molar-refractivity contribution < 1.29 is 24.9 Å². The molecule has 1 fully saturated rings. The molecule has 1 aliphatic rings. The van der Waals surface area contributed by atoms with E-state index in [1.165, 1.54) is 0 Å². The Balaban J connectivity index is 2.29. The lowest BCUT2D eigenvalue weighted by Gasteiger charge is -2.15. The summed E-state index contributed by atoms with van der Waals surface area (Å²) in [5.41, 5.74) is 5.06. The van der Waals surface area contributed by atoms with Gasteiger partial charge in [-0.15, -0.1) is 0 Å². The van der Waals surface area contributed by atoms with E-state index in [2.05, 4.69) is 10.1 Å². The van der Waals surface area contributed by atoms with E-state index in [0.717, 1.165) is 11.0 Å². The number of amides is 1. The van der Waals surface area contributed by atoms with Crippen LogP contribution in [0.15, 0.2) is 6.33 Å². The Morgan fingerprint density at radius 2 is 2.24 bits per heavy atom. The van der Waals surface area contributed by atoms with Gasteiger partial charge in [-0.25, -0.2) is 9.67 Å². The minimum atomic E-state index is -1.33. The van der Waals surface area contributed by atoms with E-state index in [4.69, 9.17) is 15.6 Å². The first-order chi connectivity index (χ1) is 8.06. The molecule has 5 N–H and O–H groups in total. The quantitative estimate of drug-likeness (QED) is 0.443. The van der Waals surface area contributed by atoms with Crippen LogP contribution in [0.25, 0.3) is 0 Å². The zero-order valence-corrected chi connectivity index (χ0v) is 8.67. The monoisotopic (exact) mass is 244 g/mol. The molecule has 0 aliphatic carbocycles. The fraction of sp³-hybridized carbons (Fsp3) is 0.625. The molecule has 94 valence electrons. The first-order valence-electron chi connectivity index (χ1n) is 4.88. The van der Waals surface area contributed by atoms with Crippen LogP contribution in [0.5, 0.6) is 0 Å². The van der Waals surface area contributed by atoms with E-state index in [-0.39, 0.29) is 5.82 Å². The third-order valence-corrected chi connectivity index (χ3v) is 2.55. The smallest absolute Gasteiger partial charge is 0.286 e. The number of ether oxygens (including phenoxy) is 1.